The molecule has 0 saturated heterocycles. The van der Waals surface area contributed by atoms with Gasteiger partial charge >= 0.3 is 0 Å². The summed E-state index contributed by atoms with van der Waals surface area (Å²) in [4.78, 5) is 13.7. The molecule has 36 heavy (non-hydrogen) atoms. The number of ether oxygens (including phenoxy) is 1. The molecule has 2 aromatic carbocycles. The van der Waals surface area contributed by atoms with Crippen molar-refractivity contribution in [2.75, 3.05) is 23.8 Å². The lowest BCUT2D eigenvalue weighted by Gasteiger charge is -2.16. The molecule has 0 fully saturated rings. The molecule has 4 aromatic rings. The van der Waals surface area contributed by atoms with E-state index in [1.54, 1.807) is 4.68 Å². The smallest absolute Gasteiger partial charge is 0.229 e. The molecule has 2 aromatic heterocycles. The quantitative estimate of drug-likeness (QED) is 0.392. The second kappa shape index (κ2) is 9.03. The summed E-state index contributed by atoms with van der Waals surface area (Å²) in [6.07, 6.45) is 6.77. The summed E-state index contributed by atoms with van der Waals surface area (Å²) in [5, 5.41) is 10.9. The molecular weight excluding hydrogens is 464 g/mol. The van der Waals surface area contributed by atoms with Gasteiger partial charge < -0.3 is 15.4 Å². The fourth-order valence-electron chi connectivity index (χ4n) is 4.74. The van der Waals surface area contributed by atoms with Crippen LogP contribution in [0, 0.1) is 18.6 Å². The zero-order valence-corrected chi connectivity index (χ0v) is 19.5. The summed E-state index contributed by atoms with van der Waals surface area (Å²) in [6, 6.07) is 9.37. The van der Waals surface area contributed by atoms with Crippen molar-refractivity contribution in [2.24, 2.45) is 0 Å². The lowest BCUT2D eigenvalue weighted by atomic mass is 9.96. The fourth-order valence-corrected chi connectivity index (χ4v) is 4.74. The van der Waals surface area contributed by atoms with E-state index in [2.05, 4.69) is 20.7 Å². The molecule has 4 bridgehead atoms. The first-order valence-electron chi connectivity index (χ1n) is 11.7. The van der Waals surface area contributed by atoms with Crippen LogP contribution in [0.2, 0.25) is 0 Å². The van der Waals surface area contributed by atoms with E-state index in [0.717, 1.165) is 34.5 Å². The van der Waals surface area contributed by atoms with Crippen molar-refractivity contribution in [1.29, 1.82) is 0 Å². The van der Waals surface area contributed by atoms with Gasteiger partial charge in [-0.3, -0.25) is 0 Å². The van der Waals surface area contributed by atoms with Crippen LogP contribution in [0.3, 0.4) is 0 Å². The van der Waals surface area contributed by atoms with Gasteiger partial charge in [0.25, 0.3) is 0 Å². The summed E-state index contributed by atoms with van der Waals surface area (Å²) < 4.78 is 36.0. The molecule has 2 N–H and O–H groups in total. The molecule has 182 valence electrons. The maximum Gasteiger partial charge on any atom is 0.229 e. The third kappa shape index (κ3) is 4.04. The molecule has 1 atom stereocenters. The van der Waals surface area contributed by atoms with Gasteiger partial charge in [-0.1, -0.05) is 12.1 Å². The van der Waals surface area contributed by atoms with Crippen LogP contribution in [-0.2, 0) is 6.42 Å². The van der Waals surface area contributed by atoms with Crippen molar-refractivity contribution in [1.82, 2.24) is 24.7 Å². The summed E-state index contributed by atoms with van der Waals surface area (Å²) in [5.41, 5.74) is 3.62. The van der Waals surface area contributed by atoms with E-state index in [1.165, 1.54) is 18.5 Å². The topological polar surface area (TPSA) is 89.8 Å². The van der Waals surface area contributed by atoms with Gasteiger partial charge in [-0.15, -0.1) is 0 Å². The average Bonchev–Trinajstić information content (AvgIpc) is 3.47. The Balaban J connectivity index is 1.42. The predicted octanol–water partition coefficient (Wildman–Crippen LogP) is 4.83. The van der Waals surface area contributed by atoms with Gasteiger partial charge in [0, 0.05) is 35.8 Å². The molecule has 1 aliphatic carbocycles. The molecule has 3 heterocycles. The first kappa shape index (κ1) is 22.1. The maximum atomic E-state index is 14.7. The van der Waals surface area contributed by atoms with Crippen LogP contribution >= 0.6 is 0 Å². The number of nitrogens with one attached hydrogen (secondary N) is 2. The van der Waals surface area contributed by atoms with Gasteiger partial charge in [0.15, 0.2) is 0 Å². The molecule has 10 heteroatoms. The van der Waals surface area contributed by atoms with Crippen molar-refractivity contribution in [2.45, 2.75) is 25.7 Å². The van der Waals surface area contributed by atoms with Crippen molar-refractivity contribution < 1.29 is 13.5 Å². The van der Waals surface area contributed by atoms with Gasteiger partial charge in [0.05, 0.1) is 5.69 Å². The highest BCUT2D eigenvalue weighted by atomic mass is 19.1. The van der Waals surface area contributed by atoms with Gasteiger partial charge in [-0.25, -0.2) is 23.4 Å². The number of anilines is 3. The number of benzene rings is 2. The molecule has 1 unspecified atom stereocenters. The molecule has 2 aliphatic rings. The number of hydrogen-bond acceptors (Lipinski definition) is 7. The zero-order chi connectivity index (χ0) is 24.6. The van der Waals surface area contributed by atoms with Crippen molar-refractivity contribution in [3.63, 3.8) is 0 Å². The Morgan fingerprint density at radius 3 is 2.83 bits per heavy atom. The molecule has 0 spiro atoms. The minimum atomic E-state index is -0.596. The highest BCUT2D eigenvalue weighted by Crippen LogP contribution is 2.41. The van der Waals surface area contributed by atoms with Crippen LogP contribution in [0.25, 0.3) is 5.69 Å². The van der Waals surface area contributed by atoms with E-state index >= 15 is 0 Å². The number of aromatic nitrogens is 5. The lowest BCUT2D eigenvalue weighted by molar-refractivity contribution is 0.360. The SMILES string of the molecule is Cc1ncnn1-c1ccc2cc1OC/C=C\CNc1nc(nc3c1CCC3c1ccc(F)cc1F)N2. The van der Waals surface area contributed by atoms with Crippen LogP contribution < -0.4 is 15.4 Å². The Hall–Kier alpha value is -4.34. The summed E-state index contributed by atoms with van der Waals surface area (Å²) in [5.74, 6) is 0.998. The second-order valence-electron chi connectivity index (χ2n) is 8.71. The first-order chi connectivity index (χ1) is 17.6. The number of rotatable bonds is 2. The van der Waals surface area contributed by atoms with E-state index < -0.39 is 11.6 Å². The molecule has 0 saturated carbocycles. The largest absolute Gasteiger partial charge is 0.487 e. The predicted molar refractivity (Wildman–Crippen MR) is 131 cm³/mol. The molecule has 0 radical (unpaired) electrons. The van der Waals surface area contributed by atoms with E-state index in [1.807, 2.05) is 37.3 Å². The second-order valence-corrected chi connectivity index (χ2v) is 8.71. The molecular formula is C26H23F2N7O. The first-order valence-corrected chi connectivity index (χ1v) is 11.7. The number of hydrogen-bond donors (Lipinski definition) is 2. The van der Waals surface area contributed by atoms with Crippen LogP contribution in [0.1, 0.15) is 35.0 Å². The third-order valence-corrected chi connectivity index (χ3v) is 6.44. The van der Waals surface area contributed by atoms with Crippen LogP contribution in [0.15, 0.2) is 54.9 Å². The number of halogens is 2. The molecule has 8 nitrogen and oxygen atoms in total. The average molecular weight is 488 g/mol. The Morgan fingerprint density at radius 2 is 2.00 bits per heavy atom. The lowest BCUT2D eigenvalue weighted by Crippen LogP contribution is -2.10. The Bertz CT molecular complexity index is 1480. The Morgan fingerprint density at radius 1 is 1.08 bits per heavy atom. The zero-order valence-electron chi connectivity index (χ0n) is 19.5. The highest BCUT2D eigenvalue weighted by molar-refractivity contribution is 5.64. The van der Waals surface area contributed by atoms with Crippen molar-refractivity contribution in [3.8, 4) is 11.4 Å². The molecule has 6 rings (SSSR count). The van der Waals surface area contributed by atoms with E-state index in [9.17, 15) is 8.78 Å². The third-order valence-electron chi connectivity index (χ3n) is 6.44. The normalized spacial score (nSPS) is 17.5. The molecule has 0 amide bonds. The Kier molecular flexibility index (Phi) is 5.55. The number of fused-ring (bicyclic) bond motifs is 6. The minimum absolute atomic E-state index is 0.285. The maximum absolute atomic E-state index is 14.7. The van der Waals surface area contributed by atoms with Gasteiger partial charge in [0.1, 0.15) is 47.6 Å². The molecule has 1 aliphatic heterocycles. The van der Waals surface area contributed by atoms with Crippen LogP contribution in [0.4, 0.5) is 26.2 Å². The van der Waals surface area contributed by atoms with E-state index in [0.29, 0.717) is 49.1 Å². The van der Waals surface area contributed by atoms with Crippen LogP contribution in [-0.4, -0.2) is 37.9 Å². The van der Waals surface area contributed by atoms with Gasteiger partial charge in [0.2, 0.25) is 5.95 Å². The van der Waals surface area contributed by atoms with Crippen molar-refractivity contribution >= 4 is 17.5 Å². The highest BCUT2D eigenvalue weighted by Gasteiger charge is 2.31. The van der Waals surface area contributed by atoms with Crippen molar-refractivity contribution in [3.05, 3.63) is 89.2 Å². The fraction of sp³-hybridized carbons (Fsp3) is 0.231. The minimum Gasteiger partial charge on any atom is -0.487 e. The monoisotopic (exact) mass is 487 g/mol. The van der Waals surface area contributed by atoms with Gasteiger partial charge in [-0.2, -0.15) is 10.1 Å². The van der Waals surface area contributed by atoms with E-state index in [4.69, 9.17) is 14.7 Å². The Labute approximate surface area is 206 Å². The summed E-state index contributed by atoms with van der Waals surface area (Å²) >= 11 is 0. The summed E-state index contributed by atoms with van der Waals surface area (Å²) in [7, 11) is 0. The summed E-state index contributed by atoms with van der Waals surface area (Å²) in [6.45, 7) is 2.78. The standard InChI is InChI=1S/C26H23F2N7O/c1-15-30-14-31-35(15)22-9-5-17-13-23(22)36-11-3-2-10-29-25-20-8-7-19(24(20)33-26(32-17)34-25)18-6-4-16(27)12-21(18)28/h2-6,9,12-14,19H,7-8,10-11H2,1H3,(H2,29,32,33,34)/b3-2-. The van der Waals surface area contributed by atoms with E-state index in [-0.39, 0.29) is 5.92 Å². The number of aryl methyl sites for hydroxylation is 1. The van der Waals surface area contributed by atoms with Crippen LogP contribution in [0.5, 0.6) is 5.75 Å². The van der Waals surface area contributed by atoms with Gasteiger partial charge in [-0.05, 0) is 49.6 Å². The number of nitrogens with zero attached hydrogens (tertiary/aromatic N) is 5.